The van der Waals surface area contributed by atoms with Crippen LogP contribution in [0.15, 0.2) is 0 Å². The Morgan fingerprint density at radius 3 is 2.43 bits per heavy atom. The van der Waals surface area contributed by atoms with Crippen LogP contribution in [-0.2, 0) is 9.53 Å². The van der Waals surface area contributed by atoms with Gasteiger partial charge in [-0.1, -0.05) is 0 Å². The molecule has 2 saturated heterocycles. The van der Waals surface area contributed by atoms with Crippen LogP contribution in [0.2, 0.25) is 0 Å². The number of carbonyl (C=O) groups is 1. The zero-order valence-electron chi connectivity index (χ0n) is 9.33. The monoisotopic (exact) mass is 197 g/mol. The molecular formula is C11H19NO2. The molecule has 80 valence electrons. The van der Waals surface area contributed by atoms with Crippen molar-refractivity contribution in [3.05, 3.63) is 0 Å². The summed E-state index contributed by atoms with van der Waals surface area (Å²) in [5.74, 6) is 0.606. The maximum Gasteiger partial charge on any atom is 0.311 e. The summed E-state index contributed by atoms with van der Waals surface area (Å²) >= 11 is 0. The molecule has 2 heterocycles. The van der Waals surface area contributed by atoms with Gasteiger partial charge in [-0.2, -0.15) is 0 Å². The van der Waals surface area contributed by atoms with Crippen LogP contribution in [0.25, 0.3) is 0 Å². The van der Waals surface area contributed by atoms with Crippen LogP contribution in [0, 0.1) is 11.8 Å². The highest BCUT2D eigenvalue weighted by Gasteiger charge is 2.55. The van der Waals surface area contributed by atoms with E-state index in [1.54, 1.807) is 0 Å². The lowest BCUT2D eigenvalue weighted by Crippen LogP contribution is -2.45. The van der Waals surface area contributed by atoms with Crippen LogP contribution in [0.5, 0.6) is 0 Å². The Hall–Kier alpha value is -0.570. The number of carbonyl (C=O) groups excluding carboxylic acids is 1. The predicted molar refractivity (Wildman–Crippen MR) is 53.8 cm³/mol. The van der Waals surface area contributed by atoms with Crippen molar-refractivity contribution < 1.29 is 9.53 Å². The fraction of sp³-hybridized carbons (Fsp3) is 0.909. The van der Waals surface area contributed by atoms with Crippen molar-refractivity contribution in [3.8, 4) is 0 Å². The summed E-state index contributed by atoms with van der Waals surface area (Å²) in [6.07, 6.45) is 1.14. The van der Waals surface area contributed by atoms with Gasteiger partial charge in [-0.3, -0.25) is 4.79 Å². The fourth-order valence-electron chi connectivity index (χ4n) is 2.55. The van der Waals surface area contributed by atoms with Crippen molar-refractivity contribution in [1.29, 1.82) is 0 Å². The van der Waals surface area contributed by atoms with Gasteiger partial charge in [0.2, 0.25) is 0 Å². The molecule has 1 saturated carbocycles. The summed E-state index contributed by atoms with van der Waals surface area (Å²) in [6.45, 7) is 7.90. The number of hydrogen-bond donors (Lipinski definition) is 1. The minimum atomic E-state index is -0.352. The van der Waals surface area contributed by atoms with Crippen LogP contribution < -0.4 is 5.32 Å². The lowest BCUT2D eigenvalue weighted by atomic mass is 9.72. The number of ether oxygens (including phenoxy) is 1. The third-order valence-electron chi connectivity index (χ3n) is 3.22. The Morgan fingerprint density at radius 1 is 1.43 bits per heavy atom. The van der Waals surface area contributed by atoms with Crippen LogP contribution in [0.4, 0.5) is 0 Å². The first-order chi connectivity index (χ1) is 6.38. The number of hydrogen-bond acceptors (Lipinski definition) is 3. The molecule has 0 unspecified atom stereocenters. The second kappa shape index (κ2) is 2.96. The molecule has 3 heteroatoms. The number of rotatable bonds is 1. The number of fused-ring (bicyclic) bond motifs is 1. The smallest absolute Gasteiger partial charge is 0.311 e. The van der Waals surface area contributed by atoms with E-state index in [4.69, 9.17) is 4.74 Å². The first-order valence-corrected chi connectivity index (χ1v) is 5.37. The first-order valence-electron chi connectivity index (χ1n) is 5.37. The third-order valence-corrected chi connectivity index (χ3v) is 3.22. The van der Waals surface area contributed by atoms with Gasteiger partial charge in [-0.25, -0.2) is 0 Å². The van der Waals surface area contributed by atoms with Gasteiger partial charge in [-0.05, 0) is 40.0 Å². The van der Waals surface area contributed by atoms with E-state index in [0.29, 0.717) is 18.0 Å². The van der Waals surface area contributed by atoms with Gasteiger partial charge in [-0.15, -0.1) is 0 Å². The average Bonchev–Trinajstić information content (AvgIpc) is 2.37. The largest absolute Gasteiger partial charge is 0.460 e. The van der Waals surface area contributed by atoms with E-state index < -0.39 is 0 Å². The molecule has 3 fully saturated rings. The van der Waals surface area contributed by atoms with Gasteiger partial charge in [0.25, 0.3) is 0 Å². The van der Waals surface area contributed by atoms with Gasteiger partial charge in [0, 0.05) is 12.1 Å². The first kappa shape index (κ1) is 9.97. The number of nitrogens with one attached hydrogen (secondary N) is 1. The Balaban J connectivity index is 1.95. The molecule has 4 atom stereocenters. The molecule has 3 rings (SSSR count). The molecule has 0 radical (unpaired) electrons. The van der Waals surface area contributed by atoms with Crippen molar-refractivity contribution in [3.63, 3.8) is 0 Å². The second-order valence-corrected chi connectivity index (χ2v) is 5.52. The Bertz CT molecular complexity index is 257. The summed E-state index contributed by atoms with van der Waals surface area (Å²) in [5, 5.41) is 3.41. The Morgan fingerprint density at radius 2 is 2.07 bits per heavy atom. The molecule has 0 aromatic carbocycles. The van der Waals surface area contributed by atoms with E-state index in [1.807, 2.05) is 20.8 Å². The van der Waals surface area contributed by atoms with E-state index in [0.717, 1.165) is 6.42 Å². The summed E-state index contributed by atoms with van der Waals surface area (Å²) in [6, 6.07) is 0.863. The van der Waals surface area contributed by atoms with E-state index >= 15 is 0 Å². The predicted octanol–water partition coefficient (Wildman–Crippen LogP) is 1.32. The van der Waals surface area contributed by atoms with Gasteiger partial charge >= 0.3 is 5.97 Å². The Labute approximate surface area is 85.2 Å². The lowest BCUT2D eigenvalue weighted by molar-refractivity contribution is -0.165. The average molecular weight is 197 g/mol. The van der Waals surface area contributed by atoms with E-state index in [1.165, 1.54) is 0 Å². The topological polar surface area (TPSA) is 38.3 Å². The minimum absolute atomic E-state index is 0.0180. The summed E-state index contributed by atoms with van der Waals surface area (Å²) < 4.78 is 5.39. The lowest BCUT2D eigenvalue weighted by Gasteiger charge is -2.35. The number of esters is 1. The van der Waals surface area contributed by atoms with Crippen molar-refractivity contribution in [2.75, 3.05) is 0 Å². The minimum Gasteiger partial charge on any atom is -0.460 e. The second-order valence-electron chi connectivity index (χ2n) is 5.52. The molecule has 3 nitrogen and oxygen atoms in total. The van der Waals surface area contributed by atoms with Crippen LogP contribution in [0.1, 0.15) is 34.1 Å². The van der Waals surface area contributed by atoms with Gasteiger partial charge in [0.05, 0.1) is 5.92 Å². The third kappa shape index (κ3) is 1.54. The van der Waals surface area contributed by atoms with Crippen molar-refractivity contribution in [1.82, 2.24) is 5.32 Å². The SMILES string of the molecule is C[C@@H]1N[C@H]2C[C@@H]1[C@H]2C(=O)OC(C)(C)C. The summed E-state index contributed by atoms with van der Waals surface area (Å²) in [5.41, 5.74) is -0.352. The summed E-state index contributed by atoms with van der Waals surface area (Å²) in [4.78, 5) is 11.8. The molecular weight excluding hydrogens is 178 g/mol. The van der Waals surface area contributed by atoms with Gasteiger partial charge < -0.3 is 10.1 Å². The van der Waals surface area contributed by atoms with Crippen molar-refractivity contribution in [2.45, 2.75) is 51.8 Å². The van der Waals surface area contributed by atoms with Crippen LogP contribution >= 0.6 is 0 Å². The molecule has 2 bridgehead atoms. The molecule has 0 aromatic rings. The highest BCUT2D eigenvalue weighted by Crippen LogP contribution is 2.44. The molecule has 14 heavy (non-hydrogen) atoms. The molecule has 0 spiro atoms. The zero-order chi connectivity index (χ0) is 10.5. The van der Waals surface area contributed by atoms with Gasteiger partial charge in [0.1, 0.15) is 5.60 Å². The van der Waals surface area contributed by atoms with E-state index in [-0.39, 0.29) is 17.5 Å². The summed E-state index contributed by atoms with van der Waals surface area (Å²) in [7, 11) is 0. The van der Waals surface area contributed by atoms with Crippen molar-refractivity contribution >= 4 is 5.97 Å². The highest BCUT2D eigenvalue weighted by atomic mass is 16.6. The molecule has 1 N–H and O–H groups in total. The fourth-order valence-corrected chi connectivity index (χ4v) is 2.55. The zero-order valence-corrected chi connectivity index (χ0v) is 9.33. The van der Waals surface area contributed by atoms with Crippen molar-refractivity contribution in [2.24, 2.45) is 11.8 Å². The maximum absolute atomic E-state index is 11.8. The van der Waals surface area contributed by atoms with E-state index in [2.05, 4.69) is 12.2 Å². The molecule has 3 aliphatic rings. The van der Waals surface area contributed by atoms with Gasteiger partial charge in [0.15, 0.2) is 0 Å². The van der Waals surface area contributed by atoms with Crippen LogP contribution in [-0.4, -0.2) is 23.7 Å². The van der Waals surface area contributed by atoms with Crippen LogP contribution in [0.3, 0.4) is 0 Å². The molecule has 1 aliphatic carbocycles. The van der Waals surface area contributed by atoms with E-state index in [9.17, 15) is 4.79 Å². The molecule has 0 amide bonds. The molecule has 0 aromatic heterocycles. The highest BCUT2D eigenvalue weighted by molar-refractivity contribution is 5.76. The normalized spacial score (nSPS) is 40.6. The maximum atomic E-state index is 11.8. The Kier molecular flexibility index (Phi) is 2.11. The standard InChI is InChI=1S/C11H19NO2/c1-6-7-5-8(12-6)9(7)10(13)14-11(2,3)4/h6-9,12H,5H2,1-4H3/t6-,7-,8-,9+/m0/s1. The quantitative estimate of drug-likeness (QED) is 0.644. The molecule has 2 aliphatic heterocycles.